The zero-order valence-corrected chi connectivity index (χ0v) is 18.1. The second-order valence-electron chi connectivity index (χ2n) is 7.11. The number of hydrogen-bond donors (Lipinski definition) is 1. The van der Waals surface area contributed by atoms with E-state index in [2.05, 4.69) is 20.6 Å². The second-order valence-corrected chi connectivity index (χ2v) is 7.11. The summed E-state index contributed by atoms with van der Waals surface area (Å²) in [6, 6.07) is 19.6. The fraction of sp³-hybridized carbons (Fsp3) is 0.167. The zero-order valence-electron chi connectivity index (χ0n) is 18.1. The Morgan fingerprint density at radius 1 is 0.938 bits per heavy atom. The average molecular weight is 429 g/mol. The van der Waals surface area contributed by atoms with Gasteiger partial charge in [-0.25, -0.2) is 4.68 Å². The summed E-state index contributed by atoms with van der Waals surface area (Å²) in [5.74, 6) is 2.10. The van der Waals surface area contributed by atoms with Gasteiger partial charge >= 0.3 is 0 Å². The van der Waals surface area contributed by atoms with Gasteiger partial charge in [-0.3, -0.25) is 4.79 Å². The molecule has 4 rings (SSSR count). The van der Waals surface area contributed by atoms with Crippen LogP contribution >= 0.6 is 0 Å². The molecule has 1 amide bonds. The van der Waals surface area contributed by atoms with Crippen molar-refractivity contribution < 1.29 is 14.3 Å². The predicted octanol–water partition coefficient (Wildman–Crippen LogP) is 4.72. The van der Waals surface area contributed by atoms with Crippen molar-refractivity contribution in [2.75, 3.05) is 11.9 Å². The van der Waals surface area contributed by atoms with E-state index in [4.69, 9.17) is 9.47 Å². The van der Waals surface area contributed by atoms with Crippen LogP contribution in [0.4, 0.5) is 5.69 Å². The number of benzene rings is 2. The molecule has 0 aliphatic heterocycles. The van der Waals surface area contributed by atoms with Crippen LogP contribution in [0.1, 0.15) is 28.7 Å². The summed E-state index contributed by atoms with van der Waals surface area (Å²) in [6.07, 6.45) is 0. The SMILES string of the molecule is CCOc1ccc(C(=O)Nc2ccc(Oc3ccc(-n4nc(C)cc4C)nn3)cc2)cc1. The Kier molecular flexibility index (Phi) is 6.12. The van der Waals surface area contributed by atoms with Gasteiger partial charge in [-0.05, 0) is 81.4 Å². The molecule has 0 radical (unpaired) electrons. The molecule has 0 saturated heterocycles. The minimum Gasteiger partial charge on any atom is -0.494 e. The first-order valence-electron chi connectivity index (χ1n) is 10.2. The first-order chi connectivity index (χ1) is 15.5. The molecule has 162 valence electrons. The van der Waals surface area contributed by atoms with Crippen LogP contribution in [0.15, 0.2) is 66.7 Å². The van der Waals surface area contributed by atoms with Crippen LogP contribution in [0, 0.1) is 13.8 Å². The fourth-order valence-corrected chi connectivity index (χ4v) is 3.14. The van der Waals surface area contributed by atoms with E-state index in [0.717, 1.165) is 17.1 Å². The molecule has 2 aromatic carbocycles. The molecule has 1 N–H and O–H groups in total. The van der Waals surface area contributed by atoms with Crippen LogP contribution in [0.25, 0.3) is 5.82 Å². The smallest absolute Gasteiger partial charge is 0.255 e. The molecule has 8 heteroatoms. The maximum absolute atomic E-state index is 12.4. The summed E-state index contributed by atoms with van der Waals surface area (Å²) in [4.78, 5) is 12.4. The number of carbonyl (C=O) groups is 1. The number of amides is 1. The lowest BCUT2D eigenvalue weighted by atomic mass is 10.2. The minimum atomic E-state index is -0.202. The normalized spacial score (nSPS) is 10.6. The van der Waals surface area contributed by atoms with Crippen molar-refractivity contribution in [1.29, 1.82) is 0 Å². The highest BCUT2D eigenvalue weighted by molar-refractivity contribution is 6.04. The van der Waals surface area contributed by atoms with Crippen molar-refractivity contribution in [2.45, 2.75) is 20.8 Å². The van der Waals surface area contributed by atoms with Gasteiger partial charge in [-0.1, -0.05) is 0 Å². The summed E-state index contributed by atoms with van der Waals surface area (Å²) in [5, 5.41) is 15.6. The predicted molar refractivity (Wildman–Crippen MR) is 121 cm³/mol. The lowest BCUT2D eigenvalue weighted by Gasteiger charge is -2.09. The lowest BCUT2D eigenvalue weighted by Crippen LogP contribution is -2.11. The molecular formula is C24H23N5O3. The summed E-state index contributed by atoms with van der Waals surface area (Å²) in [6.45, 7) is 6.39. The molecule has 2 aromatic heterocycles. The van der Waals surface area contributed by atoms with E-state index in [9.17, 15) is 4.79 Å². The average Bonchev–Trinajstić information content (AvgIpc) is 3.14. The number of aromatic nitrogens is 4. The van der Waals surface area contributed by atoms with E-state index in [-0.39, 0.29) is 5.91 Å². The van der Waals surface area contributed by atoms with Gasteiger partial charge in [0.15, 0.2) is 5.82 Å². The quantitative estimate of drug-likeness (QED) is 0.457. The molecule has 2 heterocycles. The Morgan fingerprint density at radius 2 is 1.66 bits per heavy atom. The van der Waals surface area contributed by atoms with E-state index in [1.807, 2.05) is 26.8 Å². The number of nitrogens with zero attached hydrogens (tertiary/aromatic N) is 4. The van der Waals surface area contributed by atoms with Crippen LogP contribution in [-0.4, -0.2) is 32.5 Å². The van der Waals surface area contributed by atoms with Crippen molar-refractivity contribution >= 4 is 11.6 Å². The van der Waals surface area contributed by atoms with Gasteiger partial charge in [0.25, 0.3) is 5.91 Å². The third kappa shape index (κ3) is 4.92. The van der Waals surface area contributed by atoms with Gasteiger partial charge < -0.3 is 14.8 Å². The molecule has 0 bridgehead atoms. The molecule has 0 aliphatic rings. The van der Waals surface area contributed by atoms with Crippen molar-refractivity contribution in [3.63, 3.8) is 0 Å². The van der Waals surface area contributed by atoms with Gasteiger partial charge in [-0.15, -0.1) is 10.2 Å². The third-order valence-corrected chi connectivity index (χ3v) is 4.61. The van der Waals surface area contributed by atoms with Crippen LogP contribution in [0.3, 0.4) is 0 Å². The summed E-state index contributed by atoms with van der Waals surface area (Å²) < 4.78 is 12.9. The minimum absolute atomic E-state index is 0.202. The standard InChI is InChI=1S/C24H23N5O3/c1-4-31-20-9-5-18(6-10-20)24(30)25-19-7-11-21(12-8-19)32-23-14-13-22(26-27-23)29-17(3)15-16(2)28-29/h5-15H,4H2,1-3H3,(H,25,30). The maximum atomic E-state index is 12.4. The largest absolute Gasteiger partial charge is 0.494 e. The fourth-order valence-electron chi connectivity index (χ4n) is 3.14. The van der Waals surface area contributed by atoms with Crippen molar-refractivity contribution in [1.82, 2.24) is 20.0 Å². The van der Waals surface area contributed by atoms with Crippen LogP contribution < -0.4 is 14.8 Å². The zero-order chi connectivity index (χ0) is 22.5. The number of rotatable bonds is 7. The highest BCUT2D eigenvalue weighted by Crippen LogP contribution is 2.22. The van der Waals surface area contributed by atoms with Crippen LogP contribution in [-0.2, 0) is 0 Å². The Morgan fingerprint density at radius 3 is 2.25 bits per heavy atom. The molecular weight excluding hydrogens is 406 g/mol. The van der Waals surface area contributed by atoms with Crippen LogP contribution in [0.5, 0.6) is 17.4 Å². The second kappa shape index (κ2) is 9.30. The number of anilines is 1. The molecule has 0 aliphatic carbocycles. The summed E-state index contributed by atoms with van der Waals surface area (Å²) in [5.41, 5.74) is 3.10. The molecule has 0 fully saturated rings. The van der Waals surface area contributed by atoms with E-state index >= 15 is 0 Å². The summed E-state index contributed by atoms with van der Waals surface area (Å²) >= 11 is 0. The third-order valence-electron chi connectivity index (χ3n) is 4.61. The Hall–Kier alpha value is -4.20. The first kappa shape index (κ1) is 21.0. The van der Waals surface area contributed by atoms with E-state index < -0.39 is 0 Å². The van der Waals surface area contributed by atoms with Crippen molar-refractivity contribution in [3.8, 4) is 23.2 Å². The molecule has 8 nitrogen and oxygen atoms in total. The number of ether oxygens (including phenoxy) is 2. The topological polar surface area (TPSA) is 91.2 Å². The van der Waals surface area contributed by atoms with Gasteiger partial charge in [0.1, 0.15) is 11.5 Å². The highest BCUT2D eigenvalue weighted by atomic mass is 16.5. The van der Waals surface area contributed by atoms with E-state index in [1.165, 1.54) is 0 Å². The van der Waals surface area contributed by atoms with Gasteiger partial charge in [0.2, 0.25) is 5.88 Å². The van der Waals surface area contributed by atoms with Crippen molar-refractivity contribution in [2.24, 2.45) is 0 Å². The monoisotopic (exact) mass is 429 g/mol. The van der Waals surface area contributed by atoms with Crippen LogP contribution in [0.2, 0.25) is 0 Å². The van der Waals surface area contributed by atoms with Gasteiger partial charge in [0.05, 0.1) is 12.3 Å². The number of nitrogens with one attached hydrogen (secondary N) is 1. The molecule has 0 spiro atoms. The molecule has 0 atom stereocenters. The van der Waals surface area contributed by atoms with E-state index in [1.54, 1.807) is 65.3 Å². The molecule has 0 saturated carbocycles. The number of carbonyl (C=O) groups excluding carboxylic acids is 1. The highest BCUT2D eigenvalue weighted by Gasteiger charge is 2.09. The molecule has 0 unspecified atom stereocenters. The Bertz CT molecular complexity index is 1200. The van der Waals surface area contributed by atoms with Gasteiger partial charge in [-0.2, -0.15) is 5.10 Å². The lowest BCUT2D eigenvalue weighted by molar-refractivity contribution is 0.102. The first-order valence-corrected chi connectivity index (χ1v) is 10.2. The van der Waals surface area contributed by atoms with Crippen molar-refractivity contribution in [3.05, 3.63) is 83.7 Å². The Labute approximate surface area is 185 Å². The number of hydrogen-bond acceptors (Lipinski definition) is 6. The van der Waals surface area contributed by atoms with Gasteiger partial charge in [0, 0.05) is 23.0 Å². The van der Waals surface area contributed by atoms with E-state index in [0.29, 0.717) is 35.3 Å². The maximum Gasteiger partial charge on any atom is 0.255 e. The summed E-state index contributed by atoms with van der Waals surface area (Å²) in [7, 11) is 0. The number of aryl methyl sites for hydroxylation is 2. The molecule has 32 heavy (non-hydrogen) atoms. The Balaban J connectivity index is 1.37. The molecule has 4 aromatic rings.